The molecule has 5 rings (SSSR count). The first-order valence-corrected chi connectivity index (χ1v) is 12.8. The van der Waals surface area contributed by atoms with Crippen LogP contribution in [-0.4, -0.2) is 49.4 Å². The van der Waals surface area contributed by atoms with E-state index in [0.29, 0.717) is 11.7 Å². The van der Waals surface area contributed by atoms with Gasteiger partial charge in [-0.2, -0.15) is 0 Å². The molecule has 1 aliphatic rings. The third-order valence-electron chi connectivity index (χ3n) is 5.98. The van der Waals surface area contributed by atoms with Crippen LogP contribution in [0.5, 0.6) is 0 Å². The molecule has 2 aromatic carbocycles. The average Bonchev–Trinajstić information content (AvgIpc) is 3.49. The Morgan fingerprint density at radius 3 is 2.72 bits per heavy atom. The molecule has 0 aliphatic carbocycles. The first-order valence-electron chi connectivity index (χ1n) is 11.0. The maximum absolute atomic E-state index is 12.9. The molecule has 164 valence electrons. The number of aryl methyl sites for hydroxylation is 1. The number of amides is 1. The predicted octanol–water partition coefficient (Wildman–Crippen LogP) is 4.94. The Kier molecular flexibility index (Phi) is 6.23. The normalized spacial score (nSPS) is 14.8. The van der Waals surface area contributed by atoms with Crippen molar-refractivity contribution < 1.29 is 4.79 Å². The van der Waals surface area contributed by atoms with Gasteiger partial charge >= 0.3 is 0 Å². The quantitative estimate of drug-likeness (QED) is 0.379. The summed E-state index contributed by atoms with van der Waals surface area (Å²) >= 11 is 3.25. The van der Waals surface area contributed by atoms with Crippen molar-refractivity contribution in [1.29, 1.82) is 0 Å². The van der Waals surface area contributed by atoms with Gasteiger partial charge in [-0.25, -0.2) is 4.98 Å². The van der Waals surface area contributed by atoms with E-state index >= 15 is 0 Å². The zero-order chi connectivity index (χ0) is 21.9. The summed E-state index contributed by atoms with van der Waals surface area (Å²) in [6.45, 7) is 3.70. The van der Waals surface area contributed by atoms with E-state index in [1.165, 1.54) is 27.0 Å². The largest absolute Gasteiger partial charge is 0.342 e. The van der Waals surface area contributed by atoms with E-state index < -0.39 is 0 Å². The summed E-state index contributed by atoms with van der Waals surface area (Å²) in [6, 6.07) is 16.5. The third-order valence-corrected chi connectivity index (χ3v) is 8.11. The van der Waals surface area contributed by atoms with Gasteiger partial charge < -0.3 is 4.90 Å². The van der Waals surface area contributed by atoms with E-state index in [-0.39, 0.29) is 5.91 Å². The Labute approximate surface area is 195 Å². The number of para-hydroxylation sites is 2. The number of thioether (sulfide) groups is 1. The highest BCUT2D eigenvalue weighted by molar-refractivity contribution is 7.99. The van der Waals surface area contributed by atoms with Crippen LogP contribution in [0, 0.1) is 0 Å². The van der Waals surface area contributed by atoms with Crippen molar-refractivity contribution in [2.75, 3.05) is 18.8 Å². The summed E-state index contributed by atoms with van der Waals surface area (Å²) in [5, 5.41) is 10.3. The number of nitrogens with zero attached hydrogens (tertiary/aromatic N) is 5. The van der Waals surface area contributed by atoms with Crippen LogP contribution in [0.1, 0.15) is 36.3 Å². The van der Waals surface area contributed by atoms with Crippen LogP contribution in [0.3, 0.4) is 0 Å². The maximum atomic E-state index is 12.9. The van der Waals surface area contributed by atoms with E-state index in [2.05, 4.69) is 47.5 Å². The van der Waals surface area contributed by atoms with Crippen LogP contribution in [0.25, 0.3) is 15.9 Å². The molecule has 3 heterocycles. The summed E-state index contributed by atoms with van der Waals surface area (Å²) in [4.78, 5) is 19.7. The van der Waals surface area contributed by atoms with Crippen LogP contribution in [-0.2, 0) is 11.2 Å². The minimum absolute atomic E-state index is 0.163. The lowest BCUT2D eigenvalue weighted by molar-refractivity contribution is -0.129. The van der Waals surface area contributed by atoms with Crippen LogP contribution in [0.2, 0.25) is 0 Å². The molecular formula is C24H25N5OS2. The molecule has 2 aromatic heterocycles. The number of likely N-dealkylation sites (tertiary alicyclic amines) is 1. The third kappa shape index (κ3) is 4.29. The number of rotatable bonds is 6. The zero-order valence-corrected chi connectivity index (χ0v) is 19.6. The summed E-state index contributed by atoms with van der Waals surface area (Å²) < 4.78 is 3.22. The van der Waals surface area contributed by atoms with Crippen molar-refractivity contribution in [3.05, 3.63) is 65.4 Å². The minimum Gasteiger partial charge on any atom is -0.342 e. The molecule has 0 radical (unpaired) electrons. The Morgan fingerprint density at radius 2 is 1.91 bits per heavy atom. The number of aromatic nitrogens is 4. The van der Waals surface area contributed by atoms with E-state index in [0.717, 1.165) is 48.7 Å². The van der Waals surface area contributed by atoms with Crippen molar-refractivity contribution in [3.63, 3.8) is 0 Å². The molecule has 6 nitrogen and oxygen atoms in total. The van der Waals surface area contributed by atoms with Gasteiger partial charge in [0.15, 0.2) is 5.16 Å². The van der Waals surface area contributed by atoms with E-state index in [1.54, 1.807) is 17.7 Å². The fourth-order valence-corrected chi connectivity index (χ4v) is 6.15. The monoisotopic (exact) mass is 463 g/mol. The van der Waals surface area contributed by atoms with Crippen molar-refractivity contribution in [2.45, 2.75) is 37.3 Å². The van der Waals surface area contributed by atoms with Crippen molar-refractivity contribution in [2.24, 2.45) is 0 Å². The molecule has 0 atom stereocenters. The van der Waals surface area contributed by atoms with Gasteiger partial charge in [0.25, 0.3) is 0 Å². The Bertz CT molecular complexity index is 1190. The highest BCUT2D eigenvalue weighted by Crippen LogP contribution is 2.34. The zero-order valence-electron chi connectivity index (χ0n) is 18.0. The van der Waals surface area contributed by atoms with Gasteiger partial charge in [0.2, 0.25) is 5.91 Å². The molecule has 1 aliphatic heterocycles. The maximum Gasteiger partial charge on any atom is 0.233 e. The van der Waals surface area contributed by atoms with Gasteiger partial charge in [-0.05, 0) is 43.0 Å². The number of fused-ring (bicyclic) bond motifs is 1. The van der Waals surface area contributed by atoms with E-state index in [9.17, 15) is 4.79 Å². The highest BCUT2D eigenvalue weighted by atomic mass is 32.2. The molecular weight excluding hydrogens is 438 g/mol. The molecule has 0 bridgehead atoms. The fraction of sp³-hybridized carbons (Fsp3) is 0.333. The number of piperidine rings is 1. The smallest absolute Gasteiger partial charge is 0.233 e. The van der Waals surface area contributed by atoms with Crippen LogP contribution in [0.15, 0.2) is 60.0 Å². The number of carbonyl (C=O) groups is 1. The second kappa shape index (κ2) is 9.42. The topological polar surface area (TPSA) is 63.9 Å². The number of hydrogen-bond donors (Lipinski definition) is 0. The second-order valence-corrected chi connectivity index (χ2v) is 9.93. The van der Waals surface area contributed by atoms with Crippen LogP contribution >= 0.6 is 23.1 Å². The second-order valence-electron chi connectivity index (χ2n) is 7.93. The van der Waals surface area contributed by atoms with Crippen molar-refractivity contribution in [1.82, 2.24) is 24.6 Å². The standard InChI is InChI=1S/C24H25N5OS2/c1-2-17-7-3-5-9-20(17)29-16-25-27-24(29)31-15-22(30)28-13-11-18(12-14-28)23-26-19-8-4-6-10-21(19)32-23/h3-10,16,18H,2,11-15H2,1H3. The fourth-order valence-electron chi connectivity index (χ4n) is 4.19. The molecule has 32 heavy (non-hydrogen) atoms. The van der Waals surface area contributed by atoms with Gasteiger partial charge in [0.1, 0.15) is 6.33 Å². The van der Waals surface area contributed by atoms with Crippen molar-refractivity contribution in [3.8, 4) is 5.69 Å². The lowest BCUT2D eigenvalue weighted by Gasteiger charge is -2.31. The van der Waals surface area contributed by atoms with Crippen molar-refractivity contribution >= 4 is 39.2 Å². The summed E-state index contributed by atoms with van der Waals surface area (Å²) in [5.74, 6) is 0.979. The van der Waals surface area contributed by atoms with E-state index in [1.807, 2.05) is 27.7 Å². The number of benzene rings is 2. The predicted molar refractivity (Wildman–Crippen MR) is 130 cm³/mol. The van der Waals surface area contributed by atoms with Gasteiger partial charge in [-0.15, -0.1) is 21.5 Å². The lowest BCUT2D eigenvalue weighted by atomic mass is 9.97. The summed E-state index contributed by atoms with van der Waals surface area (Å²) in [6.07, 6.45) is 4.60. The first-order chi connectivity index (χ1) is 15.7. The Morgan fingerprint density at radius 1 is 1.12 bits per heavy atom. The SMILES string of the molecule is CCc1ccccc1-n1cnnc1SCC(=O)N1CCC(c2nc3ccccc3s2)CC1. The molecule has 1 amide bonds. The van der Waals surface area contributed by atoms with Crippen LogP contribution in [0.4, 0.5) is 0 Å². The molecule has 0 unspecified atom stereocenters. The highest BCUT2D eigenvalue weighted by Gasteiger charge is 2.26. The lowest BCUT2D eigenvalue weighted by Crippen LogP contribution is -2.39. The van der Waals surface area contributed by atoms with Gasteiger partial charge in [0.05, 0.1) is 26.7 Å². The average molecular weight is 464 g/mol. The Hall–Kier alpha value is -2.71. The molecule has 8 heteroatoms. The Balaban J connectivity index is 1.19. The van der Waals surface area contributed by atoms with Gasteiger partial charge in [-0.1, -0.05) is 49.0 Å². The van der Waals surface area contributed by atoms with Gasteiger partial charge in [0, 0.05) is 19.0 Å². The van der Waals surface area contributed by atoms with E-state index in [4.69, 9.17) is 4.98 Å². The first kappa shape index (κ1) is 21.2. The minimum atomic E-state index is 0.163. The number of carbonyl (C=O) groups excluding carboxylic acids is 1. The molecule has 0 spiro atoms. The molecule has 1 fully saturated rings. The molecule has 4 aromatic rings. The number of thiazole rings is 1. The van der Waals surface area contributed by atoms with Crippen LogP contribution < -0.4 is 0 Å². The van der Waals surface area contributed by atoms with Gasteiger partial charge in [-0.3, -0.25) is 9.36 Å². The number of hydrogen-bond acceptors (Lipinski definition) is 6. The molecule has 1 saturated heterocycles. The summed E-state index contributed by atoms with van der Waals surface area (Å²) in [7, 11) is 0. The molecule has 0 saturated carbocycles. The molecule has 0 N–H and O–H groups in total. The summed E-state index contributed by atoms with van der Waals surface area (Å²) in [5.41, 5.74) is 3.39.